The van der Waals surface area contributed by atoms with Gasteiger partial charge in [-0.2, -0.15) is 0 Å². The molecule has 0 saturated heterocycles. The third-order valence-corrected chi connectivity index (χ3v) is 4.92. The molecule has 2 aromatic rings. The minimum absolute atomic E-state index is 0.0607. The fourth-order valence-corrected chi connectivity index (χ4v) is 2.99. The smallest absolute Gasteiger partial charge is 0.241 e. The van der Waals surface area contributed by atoms with Gasteiger partial charge in [-0.25, -0.2) is 0 Å². The fraction of sp³-hybridized carbons (Fsp3) is 0.381. The first kappa shape index (κ1) is 21.1. The second kappa shape index (κ2) is 9.62. The van der Waals surface area contributed by atoms with Gasteiger partial charge in [-0.15, -0.1) is 0 Å². The van der Waals surface area contributed by atoms with Crippen LogP contribution < -0.4 is 20.1 Å². The molecule has 2 unspecified atom stereocenters. The summed E-state index contributed by atoms with van der Waals surface area (Å²) in [5.74, 6) is 1.21. The quantitative estimate of drug-likeness (QED) is 0.683. The number of carbonyl (C=O) groups is 1. The summed E-state index contributed by atoms with van der Waals surface area (Å²) in [5.41, 5.74) is 2.59. The summed E-state index contributed by atoms with van der Waals surface area (Å²) in [6, 6.07) is 11.1. The van der Waals surface area contributed by atoms with Gasteiger partial charge >= 0.3 is 0 Å². The van der Waals surface area contributed by atoms with Crippen LogP contribution in [0.2, 0.25) is 5.02 Å². The van der Waals surface area contributed by atoms with Gasteiger partial charge in [0.25, 0.3) is 0 Å². The molecule has 0 aromatic heterocycles. The molecule has 0 aliphatic heterocycles. The summed E-state index contributed by atoms with van der Waals surface area (Å²) in [4.78, 5) is 12.7. The molecule has 0 radical (unpaired) electrons. The van der Waals surface area contributed by atoms with E-state index in [2.05, 4.69) is 17.6 Å². The molecule has 0 fully saturated rings. The van der Waals surface area contributed by atoms with E-state index >= 15 is 0 Å². The molecule has 0 aliphatic carbocycles. The first-order valence-corrected chi connectivity index (χ1v) is 9.32. The molecule has 0 aliphatic rings. The van der Waals surface area contributed by atoms with E-state index in [1.54, 1.807) is 20.3 Å². The van der Waals surface area contributed by atoms with Gasteiger partial charge in [-0.3, -0.25) is 10.1 Å². The van der Waals surface area contributed by atoms with Crippen LogP contribution >= 0.6 is 11.6 Å². The largest absolute Gasteiger partial charge is 0.497 e. The van der Waals surface area contributed by atoms with Crippen LogP contribution in [0.4, 0.5) is 5.69 Å². The number of nitrogens with one attached hydrogen (secondary N) is 2. The summed E-state index contributed by atoms with van der Waals surface area (Å²) < 4.78 is 10.5. The summed E-state index contributed by atoms with van der Waals surface area (Å²) in [6.07, 6.45) is 0.854. The molecule has 2 atom stereocenters. The Labute approximate surface area is 166 Å². The SMILES string of the molecule is CCC(NC(C)C(=O)Nc1cc(C)c(Cl)cc1OC)c1ccc(OC)cc1. The van der Waals surface area contributed by atoms with Crippen molar-refractivity contribution in [3.8, 4) is 11.5 Å². The van der Waals surface area contributed by atoms with Crippen LogP contribution in [-0.4, -0.2) is 26.2 Å². The lowest BCUT2D eigenvalue weighted by Gasteiger charge is -2.23. The van der Waals surface area contributed by atoms with Crippen LogP contribution in [0.15, 0.2) is 36.4 Å². The summed E-state index contributed by atoms with van der Waals surface area (Å²) in [6.45, 7) is 5.81. The van der Waals surface area contributed by atoms with Crippen LogP contribution in [0.25, 0.3) is 0 Å². The van der Waals surface area contributed by atoms with Gasteiger partial charge in [0.05, 0.1) is 25.9 Å². The number of methoxy groups -OCH3 is 2. The molecular weight excluding hydrogens is 364 g/mol. The Morgan fingerprint density at radius 1 is 1.15 bits per heavy atom. The van der Waals surface area contributed by atoms with E-state index in [-0.39, 0.29) is 11.9 Å². The topological polar surface area (TPSA) is 59.6 Å². The molecule has 27 heavy (non-hydrogen) atoms. The molecule has 5 nitrogen and oxygen atoms in total. The van der Waals surface area contributed by atoms with Crippen LogP contribution in [0.5, 0.6) is 11.5 Å². The van der Waals surface area contributed by atoms with Crippen LogP contribution in [-0.2, 0) is 4.79 Å². The van der Waals surface area contributed by atoms with E-state index < -0.39 is 6.04 Å². The molecule has 0 bridgehead atoms. The number of hydrogen-bond donors (Lipinski definition) is 2. The molecule has 0 saturated carbocycles. The third kappa shape index (κ3) is 5.37. The predicted molar refractivity (Wildman–Crippen MR) is 110 cm³/mol. The van der Waals surface area contributed by atoms with E-state index in [1.807, 2.05) is 44.2 Å². The van der Waals surface area contributed by atoms with Gasteiger partial charge < -0.3 is 14.8 Å². The first-order chi connectivity index (χ1) is 12.9. The van der Waals surface area contributed by atoms with Crippen molar-refractivity contribution in [3.05, 3.63) is 52.5 Å². The van der Waals surface area contributed by atoms with Crippen LogP contribution in [0, 0.1) is 6.92 Å². The van der Waals surface area contributed by atoms with Gasteiger partial charge in [0.1, 0.15) is 11.5 Å². The predicted octanol–water partition coefficient (Wildman–Crippen LogP) is 4.73. The molecule has 2 aromatic carbocycles. The number of halogens is 1. The Morgan fingerprint density at radius 2 is 1.81 bits per heavy atom. The van der Waals surface area contributed by atoms with E-state index in [0.717, 1.165) is 23.3 Å². The van der Waals surface area contributed by atoms with Crippen molar-refractivity contribution in [1.29, 1.82) is 0 Å². The highest BCUT2D eigenvalue weighted by atomic mass is 35.5. The molecule has 2 N–H and O–H groups in total. The van der Waals surface area contributed by atoms with Crippen molar-refractivity contribution in [2.75, 3.05) is 19.5 Å². The summed E-state index contributed by atoms with van der Waals surface area (Å²) in [7, 11) is 3.19. The van der Waals surface area contributed by atoms with Gasteiger partial charge in [-0.1, -0.05) is 30.7 Å². The molecule has 2 rings (SSSR count). The van der Waals surface area contributed by atoms with Gasteiger partial charge in [-0.05, 0) is 49.6 Å². The van der Waals surface area contributed by atoms with Crippen molar-refractivity contribution >= 4 is 23.2 Å². The Kier molecular flexibility index (Phi) is 7.51. The maximum Gasteiger partial charge on any atom is 0.241 e. The molecule has 1 amide bonds. The number of aryl methyl sites for hydroxylation is 1. The number of rotatable bonds is 8. The standard InChI is InChI=1S/C21H27ClN2O3/c1-6-18(15-7-9-16(26-4)10-8-15)23-14(3)21(25)24-19-11-13(2)17(22)12-20(19)27-5/h7-12,14,18,23H,6H2,1-5H3,(H,24,25). The second-order valence-corrected chi connectivity index (χ2v) is 6.82. The zero-order valence-corrected chi connectivity index (χ0v) is 17.2. The third-order valence-electron chi connectivity index (χ3n) is 4.51. The zero-order chi connectivity index (χ0) is 20.0. The van der Waals surface area contributed by atoms with Crippen molar-refractivity contribution in [1.82, 2.24) is 5.32 Å². The summed E-state index contributed by atoms with van der Waals surface area (Å²) >= 11 is 6.13. The lowest BCUT2D eigenvalue weighted by atomic mass is 10.0. The molecule has 6 heteroatoms. The maximum absolute atomic E-state index is 12.7. The number of hydrogen-bond acceptors (Lipinski definition) is 4. The highest BCUT2D eigenvalue weighted by Crippen LogP contribution is 2.31. The van der Waals surface area contributed by atoms with E-state index in [0.29, 0.717) is 16.5 Å². The normalized spacial score (nSPS) is 13.0. The van der Waals surface area contributed by atoms with Gasteiger partial charge in [0.15, 0.2) is 0 Å². The molecule has 146 valence electrons. The minimum Gasteiger partial charge on any atom is -0.497 e. The number of anilines is 1. The number of carbonyl (C=O) groups excluding carboxylic acids is 1. The first-order valence-electron chi connectivity index (χ1n) is 8.94. The molecule has 0 spiro atoms. The van der Waals surface area contributed by atoms with E-state index in [4.69, 9.17) is 21.1 Å². The van der Waals surface area contributed by atoms with Crippen molar-refractivity contribution in [2.45, 2.75) is 39.3 Å². The lowest BCUT2D eigenvalue weighted by molar-refractivity contribution is -0.118. The average Bonchev–Trinajstić information content (AvgIpc) is 2.68. The molecule has 0 heterocycles. The fourth-order valence-electron chi connectivity index (χ4n) is 2.83. The van der Waals surface area contributed by atoms with Gasteiger partial charge in [0, 0.05) is 17.1 Å². The monoisotopic (exact) mass is 390 g/mol. The number of amides is 1. The lowest BCUT2D eigenvalue weighted by Crippen LogP contribution is -2.40. The number of benzene rings is 2. The van der Waals surface area contributed by atoms with E-state index in [9.17, 15) is 4.79 Å². The highest BCUT2D eigenvalue weighted by molar-refractivity contribution is 6.31. The Bertz CT molecular complexity index is 778. The summed E-state index contributed by atoms with van der Waals surface area (Å²) in [5, 5.41) is 6.91. The maximum atomic E-state index is 12.7. The average molecular weight is 391 g/mol. The molecular formula is C21H27ClN2O3. The number of ether oxygens (including phenoxy) is 2. The second-order valence-electron chi connectivity index (χ2n) is 6.41. The highest BCUT2D eigenvalue weighted by Gasteiger charge is 2.20. The van der Waals surface area contributed by atoms with Crippen LogP contribution in [0.1, 0.15) is 37.4 Å². The Balaban J connectivity index is 2.08. The van der Waals surface area contributed by atoms with Gasteiger partial charge in [0.2, 0.25) is 5.91 Å². The minimum atomic E-state index is -0.391. The van der Waals surface area contributed by atoms with Crippen molar-refractivity contribution < 1.29 is 14.3 Å². The Morgan fingerprint density at radius 3 is 2.37 bits per heavy atom. The van der Waals surface area contributed by atoms with Crippen LogP contribution in [0.3, 0.4) is 0 Å². The van der Waals surface area contributed by atoms with Crippen molar-refractivity contribution in [3.63, 3.8) is 0 Å². The zero-order valence-electron chi connectivity index (χ0n) is 16.4. The Hall–Kier alpha value is -2.24. The van der Waals surface area contributed by atoms with Crippen molar-refractivity contribution in [2.24, 2.45) is 0 Å². The van der Waals surface area contributed by atoms with E-state index in [1.165, 1.54) is 0 Å².